The molecule has 0 radical (unpaired) electrons. The highest BCUT2D eigenvalue weighted by Gasteiger charge is 2.17. The number of ether oxygens (including phenoxy) is 1. The summed E-state index contributed by atoms with van der Waals surface area (Å²) in [6, 6.07) is 6.15. The molecule has 0 amide bonds. The third kappa shape index (κ3) is 3.20. The minimum absolute atomic E-state index is 0.0383. The lowest BCUT2D eigenvalue weighted by Gasteiger charge is -2.12. The van der Waals surface area contributed by atoms with Gasteiger partial charge in [0, 0.05) is 22.6 Å². The van der Waals surface area contributed by atoms with Crippen molar-refractivity contribution >= 4 is 37.3 Å². The van der Waals surface area contributed by atoms with Crippen LogP contribution in [0.4, 0.5) is 11.4 Å². The molecule has 8 heteroatoms. The van der Waals surface area contributed by atoms with Crippen LogP contribution in [0.1, 0.15) is 0 Å². The topological polar surface area (TPSA) is 94.3 Å². The molecule has 20 heavy (non-hydrogen) atoms. The van der Waals surface area contributed by atoms with Crippen molar-refractivity contribution in [2.75, 3.05) is 17.6 Å². The Kier molecular flexibility index (Phi) is 4.15. The lowest BCUT2D eigenvalue weighted by Crippen LogP contribution is -2.14. The van der Waals surface area contributed by atoms with Gasteiger partial charge in [0.25, 0.3) is 10.0 Å². The predicted molar refractivity (Wildman–Crippen MR) is 80.2 cm³/mol. The van der Waals surface area contributed by atoms with Crippen LogP contribution in [0.3, 0.4) is 0 Å². The van der Waals surface area contributed by atoms with E-state index in [4.69, 9.17) is 10.5 Å². The van der Waals surface area contributed by atoms with E-state index in [0.717, 1.165) is 0 Å². The molecule has 106 valence electrons. The predicted octanol–water partition coefficient (Wildman–Crippen LogP) is 2.24. The Hall–Kier alpha value is -1.80. The molecule has 0 aliphatic rings. The Bertz CT molecular complexity index is 734. The summed E-state index contributed by atoms with van der Waals surface area (Å²) in [5, 5.41) is 0. The molecule has 0 bridgehead atoms. The highest BCUT2D eigenvalue weighted by atomic mass is 79.9. The number of hydrogen-bond acceptors (Lipinski definition) is 5. The van der Waals surface area contributed by atoms with E-state index in [2.05, 4.69) is 25.6 Å². The van der Waals surface area contributed by atoms with Crippen molar-refractivity contribution in [1.82, 2.24) is 4.98 Å². The maximum atomic E-state index is 12.3. The fraction of sp³-hybridized carbons (Fsp3) is 0.0833. The van der Waals surface area contributed by atoms with Crippen LogP contribution in [0.15, 0.2) is 46.0 Å². The summed E-state index contributed by atoms with van der Waals surface area (Å²) in [6.45, 7) is 0. The number of rotatable bonds is 4. The summed E-state index contributed by atoms with van der Waals surface area (Å²) in [5.74, 6) is 0.380. The zero-order chi connectivity index (χ0) is 14.8. The first-order valence-electron chi connectivity index (χ1n) is 5.49. The average molecular weight is 358 g/mol. The number of halogens is 1. The Morgan fingerprint density at radius 2 is 2.05 bits per heavy atom. The van der Waals surface area contributed by atoms with E-state index in [9.17, 15) is 8.42 Å². The molecule has 0 aliphatic carbocycles. The van der Waals surface area contributed by atoms with Crippen molar-refractivity contribution in [3.8, 4) is 5.75 Å². The zero-order valence-corrected chi connectivity index (χ0v) is 12.9. The summed E-state index contributed by atoms with van der Waals surface area (Å²) < 4.78 is 32.6. The Balaban J connectivity index is 2.40. The van der Waals surface area contributed by atoms with Crippen LogP contribution in [0, 0.1) is 0 Å². The van der Waals surface area contributed by atoms with Gasteiger partial charge in [-0.3, -0.25) is 9.71 Å². The molecule has 0 fully saturated rings. The molecule has 1 aromatic heterocycles. The van der Waals surface area contributed by atoms with Crippen LogP contribution < -0.4 is 15.2 Å². The maximum absolute atomic E-state index is 12.3. The van der Waals surface area contributed by atoms with Gasteiger partial charge in [0.2, 0.25) is 0 Å². The number of aromatic nitrogens is 1. The largest absolute Gasteiger partial charge is 0.495 e. The second kappa shape index (κ2) is 5.68. The summed E-state index contributed by atoms with van der Waals surface area (Å²) in [6.07, 6.45) is 2.76. The van der Waals surface area contributed by atoms with Crippen molar-refractivity contribution < 1.29 is 13.2 Å². The maximum Gasteiger partial charge on any atom is 0.263 e. The van der Waals surface area contributed by atoms with Gasteiger partial charge in [-0.1, -0.05) is 0 Å². The number of sulfonamides is 1. The van der Waals surface area contributed by atoms with Crippen molar-refractivity contribution in [2.24, 2.45) is 0 Å². The lowest BCUT2D eigenvalue weighted by molar-refractivity contribution is 0.417. The third-order valence-corrected chi connectivity index (χ3v) is 4.22. The number of hydrogen-bond donors (Lipinski definition) is 2. The van der Waals surface area contributed by atoms with E-state index in [-0.39, 0.29) is 10.6 Å². The van der Waals surface area contributed by atoms with Gasteiger partial charge in [0.1, 0.15) is 10.6 Å². The van der Waals surface area contributed by atoms with Gasteiger partial charge in [-0.15, -0.1) is 0 Å². The van der Waals surface area contributed by atoms with Crippen LogP contribution in [0.2, 0.25) is 0 Å². The first kappa shape index (κ1) is 14.6. The van der Waals surface area contributed by atoms with Gasteiger partial charge in [-0.2, -0.15) is 0 Å². The van der Waals surface area contributed by atoms with E-state index in [1.807, 2.05) is 0 Å². The first-order chi connectivity index (χ1) is 9.42. The van der Waals surface area contributed by atoms with Gasteiger partial charge < -0.3 is 10.5 Å². The van der Waals surface area contributed by atoms with Gasteiger partial charge in [-0.25, -0.2) is 8.42 Å². The molecule has 3 N–H and O–H groups in total. The van der Waals surface area contributed by atoms with Crippen molar-refractivity contribution in [3.05, 3.63) is 41.1 Å². The van der Waals surface area contributed by atoms with E-state index >= 15 is 0 Å². The van der Waals surface area contributed by atoms with Crippen LogP contribution in [0.5, 0.6) is 5.75 Å². The summed E-state index contributed by atoms with van der Waals surface area (Å²) in [5.41, 5.74) is 6.35. The Labute approximate surface area is 125 Å². The molecular weight excluding hydrogens is 346 g/mol. The van der Waals surface area contributed by atoms with Crippen LogP contribution >= 0.6 is 15.9 Å². The fourth-order valence-electron chi connectivity index (χ4n) is 1.55. The summed E-state index contributed by atoms with van der Waals surface area (Å²) >= 11 is 3.18. The minimum atomic E-state index is -3.76. The lowest BCUT2D eigenvalue weighted by atomic mass is 10.2. The monoisotopic (exact) mass is 357 g/mol. The van der Waals surface area contributed by atoms with Crippen molar-refractivity contribution in [2.45, 2.75) is 4.90 Å². The van der Waals surface area contributed by atoms with Gasteiger partial charge in [-0.05, 0) is 40.2 Å². The molecule has 1 heterocycles. The zero-order valence-electron chi connectivity index (χ0n) is 10.5. The Morgan fingerprint density at radius 1 is 1.30 bits per heavy atom. The number of nitrogens with two attached hydrogens (primary N) is 1. The van der Waals surface area contributed by atoms with Crippen LogP contribution in [0.25, 0.3) is 0 Å². The highest BCUT2D eigenvalue weighted by Crippen LogP contribution is 2.29. The molecule has 0 unspecified atom stereocenters. The van der Waals surface area contributed by atoms with E-state index < -0.39 is 10.0 Å². The van der Waals surface area contributed by atoms with Gasteiger partial charge in [0.15, 0.2) is 0 Å². The number of benzene rings is 1. The van der Waals surface area contributed by atoms with E-state index in [0.29, 0.717) is 15.9 Å². The summed E-state index contributed by atoms with van der Waals surface area (Å²) in [7, 11) is -2.31. The number of pyridine rings is 1. The molecule has 2 aromatic rings. The van der Waals surface area contributed by atoms with Crippen molar-refractivity contribution in [1.29, 1.82) is 0 Å². The molecule has 6 nitrogen and oxygen atoms in total. The van der Waals surface area contributed by atoms with Gasteiger partial charge in [0.05, 0.1) is 12.8 Å². The second-order valence-electron chi connectivity index (χ2n) is 3.90. The van der Waals surface area contributed by atoms with Crippen LogP contribution in [-0.2, 0) is 10.0 Å². The molecular formula is C12H12BrN3O3S. The Morgan fingerprint density at radius 3 is 2.70 bits per heavy atom. The highest BCUT2D eigenvalue weighted by molar-refractivity contribution is 9.10. The number of nitrogens with one attached hydrogen (secondary N) is 1. The molecule has 0 atom stereocenters. The molecule has 0 aliphatic heterocycles. The summed E-state index contributed by atoms with van der Waals surface area (Å²) in [4.78, 5) is 3.87. The molecule has 0 saturated carbocycles. The van der Waals surface area contributed by atoms with E-state index in [1.165, 1.54) is 31.6 Å². The normalized spacial score (nSPS) is 11.1. The SMILES string of the molecule is COc1ccc(N)cc1NS(=O)(=O)c1cncc(Br)c1. The number of nitrogen functional groups attached to an aromatic ring is 1. The number of nitrogens with zero attached hydrogens (tertiary/aromatic N) is 1. The standard InChI is InChI=1S/C12H12BrN3O3S/c1-19-12-3-2-9(14)5-11(12)16-20(17,18)10-4-8(13)6-15-7-10/h2-7,16H,14H2,1H3. The molecule has 2 rings (SSSR count). The fourth-order valence-corrected chi connectivity index (χ4v) is 3.11. The molecule has 0 spiro atoms. The first-order valence-corrected chi connectivity index (χ1v) is 7.77. The quantitative estimate of drug-likeness (QED) is 0.818. The smallest absolute Gasteiger partial charge is 0.263 e. The van der Waals surface area contributed by atoms with Crippen molar-refractivity contribution in [3.63, 3.8) is 0 Å². The number of anilines is 2. The van der Waals surface area contributed by atoms with E-state index in [1.54, 1.807) is 12.1 Å². The average Bonchev–Trinajstić information content (AvgIpc) is 2.38. The van der Waals surface area contributed by atoms with Crippen LogP contribution in [-0.4, -0.2) is 20.5 Å². The minimum Gasteiger partial charge on any atom is -0.495 e. The van der Waals surface area contributed by atoms with Gasteiger partial charge >= 0.3 is 0 Å². The third-order valence-electron chi connectivity index (χ3n) is 2.46. The second-order valence-corrected chi connectivity index (χ2v) is 6.50. The molecule has 0 saturated heterocycles. The number of methoxy groups -OCH3 is 1. The molecule has 1 aromatic carbocycles.